The van der Waals surface area contributed by atoms with Gasteiger partial charge >= 0.3 is 59.1 Å². The molecule has 0 fully saturated rings. The summed E-state index contributed by atoms with van der Waals surface area (Å²) in [6.45, 7) is 4.36. The minimum Gasteiger partial charge on any atom is -0.631 e. The molecule has 0 spiro atoms. The molecular formula is C12H29N3Na2O7P2+2. The largest absolute Gasteiger partial charge is 1.00 e. The van der Waals surface area contributed by atoms with E-state index in [9.17, 15) is 14.6 Å². The van der Waals surface area contributed by atoms with Gasteiger partial charge < -0.3 is 20.4 Å². The molecule has 10 nitrogen and oxygen atoms in total. The molecule has 0 aromatic rings. The molecule has 14 heteroatoms. The number of carbonyl (C=O) groups excluding carboxylic acids is 1. The molecule has 144 valence electrons. The van der Waals surface area contributed by atoms with Crippen LogP contribution in [0.2, 0.25) is 0 Å². The van der Waals surface area contributed by atoms with Gasteiger partial charge in [0.2, 0.25) is 21.8 Å². The van der Waals surface area contributed by atoms with E-state index >= 15 is 0 Å². The Morgan fingerprint density at radius 1 is 0.962 bits per heavy atom. The van der Waals surface area contributed by atoms with Gasteiger partial charge in [-0.2, -0.15) is 0 Å². The Balaban J connectivity index is -0.00000264. The normalized spacial score (nSPS) is 11.7. The number of amides is 1. The van der Waals surface area contributed by atoms with Crippen LogP contribution in [0.5, 0.6) is 0 Å². The molecule has 1 amide bonds. The van der Waals surface area contributed by atoms with E-state index in [4.69, 9.17) is 19.6 Å². The number of carbonyl (C=O) groups is 1. The first-order chi connectivity index (χ1) is 11.0. The molecular weight excluding hydrogens is 406 g/mol. The van der Waals surface area contributed by atoms with Crippen molar-refractivity contribution in [3.05, 3.63) is 0 Å². The van der Waals surface area contributed by atoms with Gasteiger partial charge in [0.05, 0.1) is 0 Å². The van der Waals surface area contributed by atoms with Crippen LogP contribution in [0.25, 0.3) is 0 Å². The molecule has 0 saturated carbocycles. The van der Waals surface area contributed by atoms with E-state index in [1.807, 2.05) is 0 Å². The van der Waals surface area contributed by atoms with Gasteiger partial charge in [-0.1, -0.05) is 6.92 Å². The first-order valence-corrected chi connectivity index (χ1v) is 11.4. The van der Waals surface area contributed by atoms with Crippen molar-refractivity contribution in [1.29, 1.82) is 0 Å². The van der Waals surface area contributed by atoms with Gasteiger partial charge in [0.15, 0.2) is 12.6 Å². The molecule has 0 radical (unpaired) electrons. The summed E-state index contributed by atoms with van der Waals surface area (Å²) in [4.78, 5) is 70.3. The number of hydrogen-bond acceptors (Lipinski definition) is 9. The summed E-state index contributed by atoms with van der Waals surface area (Å²) in [5, 5.41) is 5.93. The molecule has 0 aliphatic carbocycles. The summed E-state index contributed by atoms with van der Waals surface area (Å²) in [6, 6.07) is 0. The summed E-state index contributed by atoms with van der Waals surface area (Å²) in [5.74, 6) is -0.196. The third kappa shape index (κ3) is 24.0. The second kappa shape index (κ2) is 17.8. The molecule has 0 heterocycles. The Labute approximate surface area is 200 Å². The number of rotatable bonds is 14. The zero-order chi connectivity index (χ0) is 18.6. The molecule has 0 saturated heterocycles. The smallest absolute Gasteiger partial charge is 0.631 e. The molecule has 0 aromatic carbocycles. The maximum Gasteiger partial charge on any atom is 1.00 e. The molecule has 0 aliphatic rings. The fourth-order valence-electron chi connectivity index (χ4n) is 2.00. The zero-order valence-corrected chi connectivity index (χ0v) is 21.7. The minimum atomic E-state index is -4.43. The quantitative estimate of drug-likeness (QED) is 0.0881. The van der Waals surface area contributed by atoms with Crippen molar-refractivity contribution in [2.75, 3.05) is 38.8 Å². The summed E-state index contributed by atoms with van der Waals surface area (Å²) in [6.07, 6.45) is 0.729. The van der Waals surface area contributed by atoms with Crippen LogP contribution in [0.1, 0.15) is 32.6 Å². The van der Waals surface area contributed by atoms with E-state index < -0.39 is 28.5 Å². The van der Waals surface area contributed by atoms with Crippen molar-refractivity contribution in [3.8, 4) is 0 Å². The summed E-state index contributed by atoms with van der Waals surface area (Å²) >= 11 is 0. The minimum absolute atomic E-state index is 0. The molecule has 0 unspecified atom stereocenters. The summed E-state index contributed by atoms with van der Waals surface area (Å²) < 4.78 is 0. The van der Waals surface area contributed by atoms with Crippen LogP contribution in [-0.2, 0) is 4.79 Å². The van der Waals surface area contributed by atoms with Gasteiger partial charge in [0, 0.05) is 19.5 Å². The molecule has 0 bridgehead atoms. The van der Waals surface area contributed by atoms with Crippen molar-refractivity contribution in [2.24, 2.45) is 0 Å². The molecule has 0 aromatic heterocycles. The second-order valence-corrected chi connectivity index (χ2v) is 8.79. The van der Waals surface area contributed by atoms with Crippen LogP contribution in [0.15, 0.2) is 0 Å². The standard InChI is InChI=1S/C12H29N3O7P2.2Na/c1-2-6-13-7-4-8-14-12(16)5-3-9-15(10-23(17,18)19)11-24(20,21)22;;/h13H,2-11H2,1H3,(H,14,16)(H2,17,18,19)(H2,20,21,22);;/q;2*+1. The Hall–Kier alpha value is 2.01. The molecule has 0 aliphatic heterocycles. The Morgan fingerprint density at radius 3 is 1.96 bits per heavy atom. The Kier molecular flexibility index (Phi) is 22.4. The fourth-order valence-corrected chi connectivity index (χ4v) is 3.68. The van der Waals surface area contributed by atoms with Gasteiger partial charge in [-0.25, -0.2) is 24.5 Å². The number of nitrogens with one attached hydrogen (secondary N) is 2. The third-order valence-corrected chi connectivity index (χ3v) is 4.46. The summed E-state index contributed by atoms with van der Waals surface area (Å²) in [5.41, 5.74) is 0. The van der Waals surface area contributed by atoms with E-state index in [0.29, 0.717) is 6.54 Å². The van der Waals surface area contributed by atoms with Crippen molar-refractivity contribution >= 4 is 21.8 Å². The van der Waals surface area contributed by atoms with Gasteiger partial charge in [-0.3, -0.25) is 4.79 Å². The van der Waals surface area contributed by atoms with Crippen LogP contribution in [0.4, 0.5) is 0 Å². The van der Waals surface area contributed by atoms with E-state index in [1.165, 1.54) is 0 Å². The van der Waals surface area contributed by atoms with E-state index in [0.717, 1.165) is 30.8 Å². The Morgan fingerprint density at radius 2 is 1.50 bits per heavy atom. The average molecular weight is 435 g/mol. The SMILES string of the molecule is CCCNCCCNC(=O)CCCN(C[P+]([O-])(O)O)C[P+]([O-])(O)O.[Na+].[Na+]. The van der Waals surface area contributed by atoms with E-state index in [-0.39, 0.29) is 84.4 Å². The number of hydrogen-bond donors (Lipinski definition) is 6. The number of nitrogens with zero attached hydrogens (tertiary/aromatic N) is 1. The van der Waals surface area contributed by atoms with Crippen LogP contribution < -0.4 is 79.5 Å². The third-order valence-electron chi connectivity index (χ3n) is 2.93. The maximum absolute atomic E-state index is 11.6. The molecule has 26 heavy (non-hydrogen) atoms. The van der Waals surface area contributed by atoms with Crippen molar-refractivity contribution in [3.63, 3.8) is 0 Å². The van der Waals surface area contributed by atoms with Crippen molar-refractivity contribution in [2.45, 2.75) is 32.6 Å². The Bertz CT molecular complexity index is 345. The van der Waals surface area contributed by atoms with Crippen LogP contribution in [-0.4, -0.2) is 69.1 Å². The van der Waals surface area contributed by atoms with Gasteiger partial charge in [0.25, 0.3) is 0 Å². The second-order valence-electron chi connectivity index (χ2n) is 5.56. The van der Waals surface area contributed by atoms with E-state index in [2.05, 4.69) is 17.6 Å². The maximum atomic E-state index is 11.6. The van der Waals surface area contributed by atoms with Crippen molar-refractivity contribution in [1.82, 2.24) is 15.5 Å². The van der Waals surface area contributed by atoms with Gasteiger partial charge in [-0.15, -0.1) is 0 Å². The molecule has 0 atom stereocenters. The fraction of sp³-hybridized carbons (Fsp3) is 0.917. The first kappa shape index (κ1) is 32.7. The summed E-state index contributed by atoms with van der Waals surface area (Å²) in [7, 11) is -8.86. The average Bonchev–Trinajstić information content (AvgIpc) is 2.39. The predicted molar refractivity (Wildman–Crippen MR) is 89.2 cm³/mol. The topological polar surface area (TPSA) is 171 Å². The van der Waals surface area contributed by atoms with Crippen molar-refractivity contribution < 1.29 is 93.3 Å². The monoisotopic (exact) mass is 435 g/mol. The van der Waals surface area contributed by atoms with Crippen LogP contribution in [0.3, 0.4) is 0 Å². The van der Waals surface area contributed by atoms with Crippen LogP contribution >= 0.6 is 15.9 Å². The molecule has 6 N–H and O–H groups in total. The van der Waals surface area contributed by atoms with Gasteiger partial charge in [0.1, 0.15) is 0 Å². The first-order valence-electron chi connectivity index (χ1n) is 7.82. The van der Waals surface area contributed by atoms with Crippen LogP contribution in [0, 0.1) is 0 Å². The zero-order valence-electron chi connectivity index (χ0n) is 15.9. The predicted octanol–water partition coefficient (Wildman–Crippen LogP) is -8.29. The van der Waals surface area contributed by atoms with Gasteiger partial charge in [-0.05, 0) is 32.4 Å². The van der Waals surface area contributed by atoms with E-state index in [1.54, 1.807) is 0 Å². The molecule has 0 rings (SSSR count).